The van der Waals surface area contributed by atoms with E-state index in [4.69, 9.17) is 4.74 Å². The number of aryl methyl sites for hydroxylation is 1. The second-order valence-corrected chi connectivity index (χ2v) is 7.93. The van der Waals surface area contributed by atoms with Gasteiger partial charge in [-0.15, -0.1) is 0 Å². The zero-order chi connectivity index (χ0) is 16.2. The second-order valence-electron chi connectivity index (χ2n) is 6.70. The Hall–Kier alpha value is -0.780. The molecule has 3 heterocycles. The van der Waals surface area contributed by atoms with Gasteiger partial charge in [-0.3, -0.25) is 14.8 Å². The molecule has 0 amide bonds. The summed E-state index contributed by atoms with van der Waals surface area (Å²) >= 11 is 2.10. The van der Waals surface area contributed by atoms with Crippen LogP contribution in [0, 0.1) is 13.8 Å². The number of piperidine rings is 1. The van der Waals surface area contributed by atoms with Crippen LogP contribution in [0.3, 0.4) is 0 Å². The lowest BCUT2D eigenvalue weighted by Gasteiger charge is -2.40. The van der Waals surface area contributed by atoms with Gasteiger partial charge in [-0.25, -0.2) is 0 Å². The molecule has 128 valence electrons. The summed E-state index contributed by atoms with van der Waals surface area (Å²) < 4.78 is 5.53. The maximum atomic E-state index is 5.53. The van der Waals surface area contributed by atoms with E-state index in [0.29, 0.717) is 0 Å². The van der Waals surface area contributed by atoms with Crippen LogP contribution in [0.25, 0.3) is 0 Å². The lowest BCUT2D eigenvalue weighted by molar-refractivity contribution is 0.111. The minimum Gasteiger partial charge on any atom is -0.496 e. The maximum absolute atomic E-state index is 5.53. The zero-order valence-electron chi connectivity index (χ0n) is 14.7. The van der Waals surface area contributed by atoms with Crippen molar-refractivity contribution in [3.63, 3.8) is 0 Å². The van der Waals surface area contributed by atoms with E-state index in [2.05, 4.69) is 40.4 Å². The van der Waals surface area contributed by atoms with Gasteiger partial charge in [0.05, 0.1) is 12.8 Å². The van der Waals surface area contributed by atoms with Crippen molar-refractivity contribution in [2.24, 2.45) is 0 Å². The lowest BCUT2D eigenvalue weighted by atomic mass is 10.0. The van der Waals surface area contributed by atoms with Crippen LogP contribution in [0.5, 0.6) is 5.75 Å². The van der Waals surface area contributed by atoms with Crippen LogP contribution in [0.2, 0.25) is 0 Å². The molecule has 0 aromatic carbocycles. The van der Waals surface area contributed by atoms with Crippen LogP contribution in [-0.2, 0) is 6.54 Å². The highest BCUT2D eigenvalue weighted by Gasteiger charge is 2.26. The normalized spacial score (nSPS) is 21.5. The predicted molar refractivity (Wildman–Crippen MR) is 97.5 cm³/mol. The summed E-state index contributed by atoms with van der Waals surface area (Å²) in [5, 5.41) is 0. The molecule has 0 radical (unpaired) electrons. The van der Waals surface area contributed by atoms with E-state index in [-0.39, 0.29) is 0 Å². The lowest BCUT2D eigenvalue weighted by Crippen LogP contribution is -2.47. The van der Waals surface area contributed by atoms with Crippen LogP contribution < -0.4 is 4.74 Å². The largest absolute Gasteiger partial charge is 0.496 e. The van der Waals surface area contributed by atoms with E-state index in [1.807, 2.05) is 6.20 Å². The Morgan fingerprint density at radius 1 is 1.17 bits per heavy atom. The average molecular weight is 336 g/mol. The van der Waals surface area contributed by atoms with E-state index in [1.54, 1.807) is 7.11 Å². The van der Waals surface area contributed by atoms with Crippen LogP contribution in [-0.4, -0.2) is 65.6 Å². The van der Waals surface area contributed by atoms with Crippen LogP contribution in [0.1, 0.15) is 29.7 Å². The Bertz CT molecular complexity index is 523. The fraction of sp³-hybridized carbons (Fsp3) is 0.722. The maximum Gasteiger partial charge on any atom is 0.128 e. The van der Waals surface area contributed by atoms with Gasteiger partial charge in [0.1, 0.15) is 5.75 Å². The Morgan fingerprint density at radius 2 is 1.87 bits per heavy atom. The fourth-order valence-electron chi connectivity index (χ4n) is 3.83. The van der Waals surface area contributed by atoms with Gasteiger partial charge >= 0.3 is 0 Å². The number of rotatable bonds is 4. The van der Waals surface area contributed by atoms with Crippen molar-refractivity contribution < 1.29 is 4.74 Å². The standard InChI is InChI=1S/C18H29N3OS/c1-14-12-19-17(15(2)18(14)22-3)13-20-6-4-16(5-7-20)21-8-10-23-11-9-21/h12,16H,4-11,13H2,1-3H3. The molecule has 0 saturated carbocycles. The van der Waals surface area contributed by atoms with E-state index in [9.17, 15) is 0 Å². The molecule has 0 aliphatic carbocycles. The number of methoxy groups -OCH3 is 1. The van der Waals surface area contributed by atoms with Crippen molar-refractivity contribution in [3.05, 3.63) is 23.0 Å². The Morgan fingerprint density at radius 3 is 2.52 bits per heavy atom. The van der Waals surface area contributed by atoms with E-state index < -0.39 is 0 Å². The Balaban J connectivity index is 1.56. The van der Waals surface area contributed by atoms with Gasteiger partial charge in [0.15, 0.2) is 0 Å². The van der Waals surface area contributed by atoms with E-state index >= 15 is 0 Å². The van der Waals surface area contributed by atoms with Gasteiger partial charge in [-0.05, 0) is 26.7 Å². The molecule has 0 atom stereocenters. The van der Waals surface area contributed by atoms with Crippen molar-refractivity contribution in [1.29, 1.82) is 0 Å². The molecular weight excluding hydrogens is 306 g/mol. The summed E-state index contributed by atoms with van der Waals surface area (Å²) in [6.45, 7) is 10.1. The molecule has 1 aromatic heterocycles. The van der Waals surface area contributed by atoms with Gasteiger partial charge in [0.25, 0.3) is 0 Å². The molecule has 0 unspecified atom stereocenters. The topological polar surface area (TPSA) is 28.6 Å². The SMILES string of the molecule is COc1c(C)cnc(CN2CCC(N3CCSCC3)CC2)c1C. The molecule has 0 bridgehead atoms. The Kier molecular flexibility index (Phi) is 5.83. The summed E-state index contributed by atoms with van der Waals surface area (Å²) in [4.78, 5) is 9.92. The first-order valence-electron chi connectivity index (χ1n) is 8.72. The first kappa shape index (κ1) is 17.1. The number of aromatic nitrogens is 1. The summed E-state index contributed by atoms with van der Waals surface area (Å²) in [6, 6.07) is 0.800. The quantitative estimate of drug-likeness (QED) is 0.844. The zero-order valence-corrected chi connectivity index (χ0v) is 15.5. The van der Waals surface area contributed by atoms with E-state index in [1.165, 1.54) is 61.8 Å². The van der Waals surface area contributed by atoms with Crippen molar-refractivity contribution in [3.8, 4) is 5.75 Å². The molecule has 1 aromatic rings. The van der Waals surface area contributed by atoms with Crippen LogP contribution in [0.4, 0.5) is 0 Å². The number of likely N-dealkylation sites (tertiary alicyclic amines) is 1. The van der Waals surface area contributed by atoms with Gasteiger partial charge in [0.2, 0.25) is 0 Å². The van der Waals surface area contributed by atoms with E-state index in [0.717, 1.165) is 23.9 Å². The highest BCUT2D eigenvalue weighted by molar-refractivity contribution is 7.99. The van der Waals surface area contributed by atoms with Crippen molar-refractivity contribution in [2.75, 3.05) is 44.8 Å². The number of pyridine rings is 1. The van der Waals surface area contributed by atoms with Crippen LogP contribution in [0.15, 0.2) is 6.20 Å². The fourth-order valence-corrected chi connectivity index (χ4v) is 4.76. The monoisotopic (exact) mass is 335 g/mol. The summed E-state index contributed by atoms with van der Waals surface area (Å²) in [7, 11) is 1.75. The Labute approximate surface area is 144 Å². The number of hydrogen-bond donors (Lipinski definition) is 0. The second kappa shape index (κ2) is 7.86. The van der Waals surface area contributed by atoms with Gasteiger partial charge in [0, 0.05) is 67.6 Å². The summed E-state index contributed by atoms with van der Waals surface area (Å²) in [6.07, 6.45) is 4.54. The smallest absolute Gasteiger partial charge is 0.128 e. The molecule has 2 saturated heterocycles. The summed E-state index contributed by atoms with van der Waals surface area (Å²) in [5.41, 5.74) is 3.48. The molecule has 0 spiro atoms. The summed E-state index contributed by atoms with van der Waals surface area (Å²) in [5.74, 6) is 3.62. The number of thioether (sulfide) groups is 1. The van der Waals surface area contributed by atoms with Gasteiger partial charge in [-0.2, -0.15) is 11.8 Å². The molecule has 2 fully saturated rings. The minimum atomic E-state index is 0.800. The number of ether oxygens (including phenoxy) is 1. The molecule has 0 N–H and O–H groups in total. The first-order chi connectivity index (χ1) is 11.2. The molecule has 5 heteroatoms. The van der Waals surface area contributed by atoms with Crippen molar-refractivity contribution in [1.82, 2.24) is 14.8 Å². The third kappa shape index (κ3) is 4.01. The van der Waals surface area contributed by atoms with Gasteiger partial charge in [-0.1, -0.05) is 0 Å². The molecule has 23 heavy (non-hydrogen) atoms. The number of hydrogen-bond acceptors (Lipinski definition) is 5. The third-order valence-electron chi connectivity index (χ3n) is 5.24. The molecule has 4 nitrogen and oxygen atoms in total. The number of nitrogens with zero attached hydrogens (tertiary/aromatic N) is 3. The average Bonchev–Trinajstić information content (AvgIpc) is 2.59. The molecular formula is C18H29N3OS. The molecule has 3 rings (SSSR count). The molecule has 2 aliphatic heterocycles. The molecule has 2 aliphatic rings. The van der Waals surface area contributed by atoms with Gasteiger partial charge < -0.3 is 4.74 Å². The first-order valence-corrected chi connectivity index (χ1v) is 9.87. The highest BCUT2D eigenvalue weighted by Crippen LogP contribution is 2.26. The predicted octanol–water partition coefficient (Wildman–Crippen LogP) is 2.72. The van der Waals surface area contributed by atoms with Crippen LogP contribution >= 0.6 is 11.8 Å². The minimum absolute atomic E-state index is 0.800. The van der Waals surface area contributed by atoms with Crippen molar-refractivity contribution >= 4 is 11.8 Å². The third-order valence-corrected chi connectivity index (χ3v) is 6.18. The highest BCUT2D eigenvalue weighted by atomic mass is 32.2. The van der Waals surface area contributed by atoms with Crippen molar-refractivity contribution in [2.45, 2.75) is 39.3 Å².